The average molecular weight is 211 g/mol. The van der Waals surface area contributed by atoms with E-state index in [-0.39, 0.29) is 0 Å². The molecule has 4 nitrogen and oxygen atoms in total. The summed E-state index contributed by atoms with van der Waals surface area (Å²) in [5.74, 6) is 0. The fourth-order valence-electron chi connectivity index (χ4n) is 1.13. The van der Waals surface area contributed by atoms with Crippen molar-refractivity contribution in [2.75, 3.05) is 12.0 Å². The molecule has 1 aliphatic rings. The molecule has 1 aromatic carbocycles. The fraction of sp³-hybridized carbons (Fsp3) is 0.111. The van der Waals surface area contributed by atoms with Crippen LogP contribution in [-0.4, -0.2) is 11.7 Å². The zero-order valence-corrected chi connectivity index (χ0v) is 8.25. The summed E-state index contributed by atoms with van der Waals surface area (Å²) < 4.78 is 0. The molecule has 0 unspecified atom stereocenters. The fourth-order valence-corrected chi connectivity index (χ4v) is 1.31. The van der Waals surface area contributed by atoms with Gasteiger partial charge in [-0.25, -0.2) is 10.5 Å². The van der Waals surface area contributed by atoms with Crippen molar-refractivity contribution in [1.29, 1.82) is 0 Å². The standard InChI is InChI=1S/C9H11ClN4/c10-8-4-1-2-5-9(8)12-14-7-3-6-11-13-14/h1-5,7,11-13H,6H2. The SMILES string of the molecule is Clc1ccccc1NN1C=CCNN1. The van der Waals surface area contributed by atoms with E-state index in [1.807, 2.05) is 36.5 Å². The largest absolute Gasteiger partial charge is 0.282 e. The van der Waals surface area contributed by atoms with E-state index in [0.717, 1.165) is 12.2 Å². The van der Waals surface area contributed by atoms with Gasteiger partial charge in [-0.1, -0.05) is 23.7 Å². The van der Waals surface area contributed by atoms with Crippen molar-refractivity contribution < 1.29 is 0 Å². The summed E-state index contributed by atoms with van der Waals surface area (Å²) in [6.07, 6.45) is 3.88. The van der Waals surface area contributed by atoms with Gasteiger partial charge in [0.05, 0.1) is 10.7 Å². The molecule has 3 N–H and O–H groups in total. The third kappa shape index (κ3) is 2.17. The van der Waals surface area contributed by atoms with Gasteiger partial charge in [-0.05, 0) is 18.2 Å². The van der Waals surface area contributed by atoms with Gasteiger partial charge in [0.1, 0.15) is 0 Å². The first kappa shape index (κ1) is 9.33. The molecule has 0 fully saturated rings. The minimum absolute atomic E-state index is 0.688. The third-order valence-corrected chi connectivity index (χ3v) is 2.12. The summed E-state index contributed by atoms with van der Waals surface area (Å²) in [4.78, 5) is 0. The Morgan fingerprint density at radius 3 is 2.93 bits per heavy atom. The Labute approximate surface area is 87.5 Å². The lowest BCUT2D eigenvalue weighted by molar-refractivity contribution is 0.257. The quantitative estimate of drug-likeness (QED) is 0.692. The van der Waals surface area contributed by atoms with Crippen LogP contribution in [0.25, 0.3) is 0 Å². The molecule has 74 valence electrons. The van der Waals surface area contributed by atoms with Crippen molar-refractivity contribution in [1.82, 2.24) is 16.1 Å². The van der Waals surface area contributed by atoms with E-state index in [1.54, 1.807) is 5.12 Å². The average Bonchev–Trinajstić information content (AvgIpc) is 2.23. The molecule has 0 radical (unpaired) electrons. The van der Waals surface area contributed by atoms with Crippen molar-refractivity contribution in [2.24, 2.45) is 0 Å². The highest BCUT2D eigenvalue weighted by molar-refractivity contribution is 6.33. The van der Waals surface area contributed by atoms with Crippen LogP contribution in [0.5, 0.6) is 0 Å². The highest BCUT2D eigenvalue weighted by Crippen LogP contribution is 2.20. The Morgan fingerprint density at radius 2 is 2.21 bits per heavy atom. The second kappa shape index (κ2) is 4.32. The zero-order valence-electron chi connectivity index (χ0n) is 7.50. The molecule has 14 heavy (non-hydrogen) atoms. The van der Waals surface area contributed by atoms with Crippen molar-refractivity contribution in [2.45, 2.75) is 0 Å². The van der Waals surface area contributed by atoms with Crippen LogP contribution in [0.1, 0.15) is 0 Å². The van der Waals surface area contributed by atoms with Crippen LogP contribution in [0.3, 0.4) is 0 Å². The monoisotopic (exact) mass is 210 g/mol. The highest BCUT2D eigenvalue weighted by atomic mass is 35.5. The van der Waals surface area contributed by atoms with Crippen LogP contribution in [0, 0.1) is 0 Å². The van der Waals surface area contributed by atoms with Crippen molar-refractivity contribution >= 4 is 17.3 Å². The molecule has 0 spiro atoms. The first-order valence-corrected chi connectivity index (χ1v) is 4.69. The number of rotatable bonds is 2. The number of benzene rings is 1. The smallest absolute Gasteiger partial charge is 0.0743 e. The molecule has 1 heterocycles. The lowest BCUT2D eigenvalue weighted by Gasteiger charge is -2.26. The van der Waals surface area contributed by atoms with E-state index in [2.05, 4.69) is 16.4 Å². The van der Waals surface area contributed by atoms with Crippen LogP contribution in [0.15, 0.2) is 36.5 Å². The minimum Gasteiger partial charge on any atom is -0.282 e. The molecule has 0 atom stereocenters. The van der Waals surface area contributed by atoms with Gasteiger partial charge in [0, 0.05) is 12.7 Å². The molecule has 0 saturated heterocycles. The lowest BCUT2D eigenvalue weighted by atomic mass is 10.3. The summed E-state index contributed by atoms with van der Waals surface area (Å²) >= 11 is 5.98. The maximum atomic E-state index is 5.98. The second-order valence-corrected chi connectivity index (χ2v) is 3.25. The van der Waals surface area contributed by atoms with Gasteiger partial charge in [0.2, 0.25) is 0 Å². The second-order valence-electron chi connectivity index (χ2n) is 2.84. The first-order chi connectivity index (χ1) is 6.86. The van der Waals surface area contributed by atoms with E-state index in [1.165, 1.54) is 0 Å². The number of hydrazine groups is 3. The van der Waals surface area contributed by atoms with Crippen LogP contribution in [-0.2, 0) is 0 Å². The van der Waals surface area contributed by atoms with Gasteiger partial charge in [0.15, 0.2) is 0 Å². The summed E-state index contributed by atoms with van der Waals surface area (Å²) in [6.45, 7) is 0.806. The summed E-state index contributed by atoms with van der Waals surface area (Å²) in [6, 6.07) is 7.57. The van der Waals surface area contributed by atoms with Gasteiger partial charge >= 0.3 is 0 Å². The molecule has 1 aliphatic heterocycles. The number of hydrogen-bond acceptors (Lipinski definition) is 4. The van der Waals surface area contributed by atoms with Gasteiger partial charge in [-0.15, -0.1) is 0 Å². The van der Waals surface area contributed by atoms with E-state index < -0.39 is 0 Å². The van der Waals surface area contributed by atoms with Crippen LogP contribution in [0.2, 0.25) is 5.02 Å². The first-order valence-electron chi connectivity index (χ1n) is 4.32. The predicted molar refractivity (Wildman–Crippen MR) is 57.2 cm³/mol. The molecule has 0 saturated carbocycles. The zero-order chi connectivity index (χ0) is 9.80. The third-order valence-electron chi connectivity index (χ3n) is 1.79. The topological polar surface area (TPSA) is 39.3 Å². The summed E-state index contributed by atoms with van der Waals surface area (Å²) in [5, 5.41) is 2.39. The maximum absolute atomic E-state index is 5.98. The Balaban J connectivity index is 2.06. The van der Waals surface area contributed by atoms with Gasteiger partial charge in [-0.2, -0.15) is 5.53 Å². The Hall–Kier alpha value is -1.23. The lowest BCUT2D eigenvalue weighted by Crippen LogP contribution is -2.49. The number of nitrogens with zero attached hydrogens (tertiary/aromatic N) is 1. The normalized spacial score (nSPS) is 15.6. The van der Waals surface area contributed by atoms with Crippen molar-refractivity contribution in [3.8, 4) is 0 Å². The number of nitrogens with one attached hydrogen (secondary N) is 3. The molecule has 2 rings (SSSR count). The summed E-state index contributed by atoms with van der Waals surface area (Å²) in [5.41, 5.74) is 9.83. The Morgan fingerprint density at radius 1 is 1.36 bits per heavy atom. The van der Waals surface area contributed by atoms with E-state index >= 15 is 0 Å². The van der Waals surface area contributed by atoms with Gasteiger partial charge in [0.25, 0.3) is 0 Å². The molecule has 1 aromatic rings. The molecule has 5 heteroatoms. The van der Waals surface area contributed by atoms with Gasteiger partial charge in [-0.3, -0.25) is 5.43 Å². The number of hydrogen-bond donors (Lipinski definition) is 3. The van der Waals surface area contributed by atoms with E-state index in [4.69, 9.17) is 11.6 Å². The van der Waals surface area contributed by atoms with Crippen molar-refractivity contribution in [3.05, 3.63) is 41.6 Å². The van der Waals surface area contributed by atoms with Crippen LogP contribution in [0.4, 0.5) is 5.69 Å². The van der Waals surface area contributed by atoms with Crippen LogP contribution >= 0.6 is 11.6 Å². The van der Waals surface area contributed by atoms with E-state index in [9.17, 15) is 0 Å². The number of halogens is 1. The molecule has 0 aliphatic carbocycles. The Kier molecular flexibility index (Phi) is 2.88. The molecule has 0 amide bonds. The molecule has 0 bridgehead atoms. The summed E-state index contributed by atoms with van der Waals surface area (Å²) in [7, 11) is 0. The Bertz CT molecular complexity index is 339. The number of anilines is 1. The maximum Gasteiger partial charge on any atom is 0.0743 e. The highest BCUT2D eigenvalue weighted by Gasteiger charge is 2.03. The molecular formula is C9H11ClN4. The van der Waals surface area contributed by atoms with Crippen molar-refractivity contribution in [3.63, 3.8) is 0 Å². The number of para-hydroxylation sites is 1. The predicted octanol–water partition coefficient (Wildman–Crippen LogP) is 1.51. The molecule has 0 aromatic heterocycles. The van der Waals surface area contributed by atoms with E-state index in [0.29, 0.717) is 5.02 Å². The molecular weight excluding hydrogens is 200 g/mol. The minimum atomic E-state index is 0.688. The van der Waals surface area contributed by atoms with Crippen LogP contribution < -0.4 is 16.4 Å². The van der Waals surface area contributed by atoms with Gasteiger partial charge < -0.3 is 0 Å².